The van der Waals surface area contributed by atoms with Crippen molar-refractivity contribution in [2.75, 3.05) is 6.61 Å². The molecule has 3 rings (SSSR count). The normalized spacial score (nSPS) is 36.2. The van der Waals surface area contributed by atoms with Gasteiger partial charge < -0.3 is 15.0 Å². The van der Waals surface area contributed by atoms with E-state index < -0.39 is 0 Å². The maximum absolute atomic E-state index is 6.26. The molecule has 2 bridgehead atoms. The Kier molecular flexibility index (Phi) is 4.64. The van der Waals surface area contributed by atoms with E-state index in [9.17, 15) is 0 Å². The molecule has 2 N–H and O–H groups in total. The molecule has 3 fully saturated rings. The van der Waals surface area contributed by atoms with Crippen molar-refractivity contribution in [3.8, 4) is 0 Å². The molecule has 3 nitrogen and oxygen atoms in total. The largest absolute Gasteiger partial charge is 0.474 e. The van der Waals surface area contributed by atoms with Crippen molar-refractivity contribution in [3.05, 3.63) is 0 Å². The van der Waals surface area contributed by atoms with Gasteiger partial charge in [0, 0.05) is 18.7 Å². The van der Waals surface area contributed by atoms with Gasteiger partial charge in [0.1, 0.15) is 0 Å². The monoisotopic (exact) mass is 267 g/mol. The summed E-state index contributed by atoms with van der Waals surface area (Å²) in [6.07, 6.45) is 3.62. The fraction of sp³-hybridized carbons (Fsp3) is 1.00. The minimum atomic E-state index is -0.229. The first-order chi connectivity index (χ1) is 8.80. The molecule has 110 valence electrons. The Morgan fingerprint density at radius 1 is 1.26 bits per heavy atom. The topological polar surface area (TPSA) is 44.5 Å². The summed E-state index contributed by atoms with van der Waals surface area (Å²) >= 11 is 0. The van der Waals surface area contributed by atoms with Crippen molar-refractivity contribution >= 4 is 7.12 Å². The zero-order valence-corrected chi connectivity index (χ0v) is 13.2. The van der Waals surface area contributed by atoms with Gasteiger partial charge in [-0.25, -0.2) is 0 Å². The molecule has 0 amide bonds. The third-order valence-electron chi connectivity index (χ3n) is 5.21. The highest BCUT2D eigenvalue weighted by Gasteiger charge is 2.50. The SMILES string of the molecule is CC(C)CC(N)B1OCC2CC(CC(C)O1)C2(C)C. The summed E-state index contributed by atoms with van der Waals surface area (Å²) in [7, 11) is -0.229. The Morgan fingerprint density at radius 2 is 1.95 bits per heavy atom. The van der Waals surface area contributed by atoms with Crippen LogP contribution in [0.15, 0.2) is 0 Å². The average Bonchev–Trinajstić information content (AvgIpc) is 2.40. The standard InChI is InChI=1S/C15H30BNO2/c1-10(2)6-14(17)16-18-9-13-8-12(15(13,4)5)7-11(3)19-16/h10-14H,6-9,17H2,1-5H3. The molecule has 0 aromatic carbocycles. The molecule has 4 unspecified atom stereocenters. The molecule has 2 aliphatic heterocycles. The van der Waals surface area contributed by atoms with Crippen molar-refractivity contribution in [1.82, 2.24) is 0 Å². The van der Waals surface area contributed by atoms with Gasteiger partial charge in [0.25, 0.3) is 0 Å². The fourth-order valence-corrected chi connectivity index (χ4v) is 3.62. The molecule has 19 heavy (non-hydrogen) atoms. The lowest BCUT2D eigenvalue weighted by atomic mass is 9.54. The summed E-state index contributed by atoms with van der Waals surface area (Å²) in [5.41, 5.74) is 6.66. The molecule has 1 saturated carbocycles. The average molecular weight is 267 g/mol. The van der Waals surface area contributed by atoms with Crippen LogP contribution in [-0.2, 0) is 9.31 Å². The molecule has 0 spiro atoms. The first kappa shape index (κ1) is 15.3. The Labute approximate surface area is 118 Å². The number of hydrogen-bond donors (Lipinski definition) is 1. The summed E-state index contributed by atoms with van der Waals surface area (Å²) in [6.45, 7) is 12.1. The molecule has 2 saturated heterocycles. The van der Waals surface area contributed by atoms with Gasteiger partial charge in [-0.1, -0.05) is 27.7 Å². The minimum Gasteiger partial charge on any atom is -0.410 e. The van der Waals surface area contributed by atoms with E-state index in [1.165, 1.54) is 6.42 Å². The highest BCUT2D eigenvalue weighted by atomic mass is 16.6. The van der Waals surface area contributed by atoms with Crippen LogP contribution < -0.4 is 5.73 Å². The quantitative estimate of drug-likeness (QED) is 0.800. The van der Waals surface area contributed by atoms with Crippen LogP contribution in [0.4, 0.5) is 0 Å². The molecule has 1 aliphatic carbocycles. The van der Waals surface area contributed by atoms with Crippen LogP contribution in [0.2, 0.25) is 0 Å². The predicted octanol–water partition coefficient (Wildman–Crippen LogP) is 2.87. The number of fused-ring (bicyclic) bond motifs is 5. The van der Waals surface area contributed by atoms with Gasteiger partial charge in [0.05, 0.1) is 0 Å². The third kappa shape index (κ3) is 3.34. The van der Waals surface area contributed by atoms with Crippen LogP contribution in [-0.4, -0.2) is 25.8 Å². The second kappa shape index (κ2) is 5.75. The molecule has 0 aromatic heterocycles. The zero-order valence-electron chi connectivity index (χ0n) is 13.2. The second-order valence-electron chi connectivity index (χ2n) is 7.63. The van der Waals surface area contributed by atoms with Crippen LogP contribution in [0.3, 0.4) is 0 Å². The summed E-state index contributed by atoms with van der Waals surface area (Å²) in [4.78, 5) is 0. The second-order valence-corrected chi connectivity index (χ2v) is 7.63. The maximum Gasteiger partial charge on any atom is 0.474 e. The van der Waals surface area contributed by atoms with E-state index in [4.69, 9.17) is 15.0 Å². The maximum atomic E-state index is 6.26. The van der Waals surface area contributed by atoms with E-state index in [1.807, 2.05) is 0 Å². The fourth-order valence-electron chi connectivity index (χ4n) is 3.62. The van der Waals surface area contributed by atoms with E-state index in [1.54, 1.807) is 0 Å². The van der Waals surface area contributed by atoms with Gasteiger partial charge in [-0.05, 0) is 49.4 Å². The minimum absolute atomic E-state index is 0.0131. The highest BCUT2D eigenvalue weighted by molar-refractivity contribution is 6.46. The van der Waals surface area contributed by atoms with Crippen LogP contribution in [0, 0.1) is 23.2 Å². The van der Waals surface area contributed by atoms with Crippen LogP contribution >= 0.6 is 0 Å². The molecule has 3 aliphatic rings. The first-order valence-corrected chi connectivity index (χ1v) is 7.83. The van der Waals surface area contributed by atoms with Crippen molar-refractivity contribution in [1.29, 1.82) is 0 Å². The summed E-state index contributed by atoms with van der Waals surface area (Å²) < 4.78 is 12.1. The molecule has 0 radical (unpaired) electrons. The smallest absolute Gasteiger partial charge is 0.410 e. The lowest BCUT2D eigenvalue weighted by molar-refractivity contribution is -0.0510. The van der Waals surface area contributed by atoms with Gasteiger partial charge >= 0.3 is 7.12 Å². The summed E-state index contributed by atoms with van der Waals surface area (Å²) in [5, 5.41) is 0. The van der Waals surface area contributed by atoms with E-state index in [-0.39, 0.29) is 19.2 Å². The Morgan fingerprint density at radius 3 is 2.53 bits per heavy atom. The number of hydrogen-bond acceptors (Lipinski definition) is 3. The zero-order chi connectivity index (χ0) is 14.2. The van der Waals surface area contributed by atoms with Crippen LogP contribution in [0.1, 0.15) is 53.9 Å². The van der Waals surface area contributed by atoms with Gasteiger partial charge in [0.15, 0.2) is 0 Å². The van der Waals surface area contributed by atoms with Crippen molar-refractivity contribution in [3.63, 3.8) is 0 Å². The van der Waals surface area contributed by atoms with Gasteiger partial charge in [-0.15, -0.1) is 0 Å². The molecule has 4 atom stereocenters. The third-order valence-corrected chi connectivity index (χ3v) is 5.21. The molecular formula is C15H30BNO2. The molecule has 2 heterocycles. The van der Waals surface area contributed by atoms with E-state index in [2.05, 4.69) is 34.6 Å². The van der Waals surface area contributed by atoms with E-state index in [0.717, 1.165) is 25.4 Å². The van der Waals surface area contributed by atoms with Crippen molar-refractivity contribution in [2.45, 2.75) is 65.9 Å². The predicted molar refractivity (Wildman–Crippen MR) is 79.7 cm³/mol. The molecular weight excluding hydrogens is 237 g/mol. The van der Waals surface area contributed by atoms with Crippen molar-refractivity contribution < 1.29 is 9.31 Å². The van der Waals surface area contributed by atoms with Crippen molar-refractivity contribution in [2.24, 2.45) is 28.9 Å². The summed E-state index contributed by atoms with van der Waals surface area (Å²) in [6, 6.07) is 0. The molecule has 0 aromatic rings. The van der Waals surface area contributed by atoms with Crippen LogP contribution in [0.25, 0.3) is 0 Å². The lowest BCUT2D eigenvalue weighted by Crippen LogP contribution is -2.48. The molecule has 4 heteroatoms. The van der Waals surface area contributed by atoms with Crippen LogP contribution in [0.5, 0.6) is 0 Å². The lowest BCUT2D eigenvalue weighted by Gasteiger charge is -2.52. The Bertz CT molecular complexity index is 309. The number of nitrogens with two attached hydrogens (primary N) is 1. The van der Waals surface area contributed by atoms with Gasteiger partial charge in [0.2, 0.25) is 0 Å². The highest BCUT2D eigenvalue weighted by Crippen LogP contribution is 2.54. The van der Waals surface area contributed by atoms with E-state index >= 15 is 0 Å². The van der Waals surface area contributed by atoms with E-state index in [0.29, 0.717) is 17.3 Å². The Hall–Kier alpha value is -0.0551. The Balaban J connectivity index is 2.00. The van der Waals surface area contributed by atoms with Gasteiger partial charge in [-0.2, -0.15) is 0 Å². The van der Waals surface area contributed by atoms with Gasteiger partial charge in [-0.3, -0.25) is 0 Å². The first-order valence-electron chi connectivity index (χ1n) is 7.83. The number of rotatable bonds is 3. The summed E-state index contributed by atoms with van der Waals surface area (Å²) in [5.74, 6) is 2.01.